The highest BCUT2D eigenvalue weighted by molar-refractivity contribution is 6.30. The highest BCUT2D eigenvalue weighted by Gasteiger charge is 2.32. The molecule has 1 aliphatic carbocycles. The summed E-state index contributed by atoms with van der Waals surface area (Å²) in [5.74, 6) is 0. The van der Waals surface area contributed by atoms with Gasteiger partial charge in [-0.05, 0) is 48.9 Å². The number of hydrogen-bond acceptors (Lipinski definition) is 1. The highest BCUT2D eigenvalue weighted by Crippen LogP contribution is 2.42. The van der Waals surface area contributed by atoms with Crippen LogP contribution in [0, 0.1) is 0 Å². The summed E-state index contributed by atoms with van der Waals surface area (Å²) in [5.41, 5.74) is 7.55. The van der Waals surface area contributed by atoms with Gasteiger partial charge in [-0.2, -0.15) is 0 Å². The van der Waals surface area contributed by atoms with Crippen LogP contribution in [-0.2, 0) is 5.41 Å². The summed E-state index contributed by atoms with van der Waals surface area (Å²) >= 11 is 5.95. The van der Waals surface area contributed by atoms with E-state index in [1.807, 2.05) is 12.1 Å². The lowest BCUT2D eigenvalue weighted by Crippen LogP contribution is -2.31. The molecule has 0 heterocycles. The fourth-order valence-electron chi connectivity index (χ4n) is 2.99. The van der Waals surface area contributed by atoms with Gasteiger partial charge in [-0.3, -0.25) is 0 Å². The molecule has 0 aliphatic heterocycles. The van der Waals surface area contributed by atoms with Crippen LogP contribution in [0.4, 0.5) is 0 Å². The molecular weight excluding hydrogens is 218 g/mol. The Bertz CT molecular complexity index is 320. The molecule has 0 spiro atoms. The number of nitrogens with two attached hydrogens (primary N) is 1. The Morgan fingerprint density at radius 3 is 2.25 bits per heavy atom. The quantitative estimate of drug-likeness (QED) is 0.848. The first-order valence-corrected chi connectivity index (χ1v) is 6.61. The van der Waals surface area contributed by atoms with Crippen LogP contribution in [0.15, 0.2) is 24.3 Å². The average molecular weight is 238 g/mol. The minimum atomic E-state index is 0.331. The molecule has 0 radical (unpaired) electrons. The predicted octanol–water partition coefficient (Wildman–Crippen LogP) is 3.89. The second-order valence-corrected chi connectivity index (χ2v) is 5.32. The number of rotatable bonds is 3. The molecule has 1 saturated carbocycles. The molecule has 0 aromatic heterocycles. The first-order valence-electron chi connectivity index (χ1n) is 6.23. The van der Waals surface area contributed by atoms with Gasteiger partial charge in [0, 0.05) is 5.02 Å². The molecule has 1 aliphatic rings. The molecule has 0 bridgehead atoms. The van der Waals surface area contributed by atoms with Gasteiger partial charge in [0.1, 0.15) is 0 Å². The monoisotopic (exact) mass is 237 g/mol. The van der Waals surface area contributed by atoms with Gasteiger partial charge in [0.2, 0.25) is 0 Å². The Balaban J connectivity index is 2.26. The molecule has 88 valence electrons. The molecular formula is C14H20ClN. The van der Waals surface area contributed by atoms with Gasteiger partial charge in [0.05, 0.1) is 0 Å². The van der Waals surface area contributed by atoms with Gasteiger partial charge < -0.3 is 5.73 Å². The van der Waals surface area contributed by atoms with E-state index in [9.17, 15) is 0 Å². The van der Waals surface area contributed by atoms with Crippen molar-refractivity contribution in [3.63, 3.8) is 0 Å². The van der Waals surface area contributed by atoms with E-state index in [1.165, 1.54) is 37.7 Å². The third-order valence-corrected chi connectivity index (χ3v) is 4.14. The van der Waals surface area contributed by atoms with Crippen molar-refractivity contribution in [1.82, 2.24) is 0 Å². The fraction of sp³-hybridized carbons (Fsp3) is 0.571. The smallest absolute Gasteiger partial charge is 0.0406 e. The molecule has 16 heavy (non-hydrogen) atoms. The average Bonchev–Trinajstić information content (AvgIpc) is 2.31. The van der Waals surface area contributed by atoms with Crippen molar-refractivity contribution in [2.75, 3.05) is 6.54 Å². The summed E-state index contributed by atoms with van der Waals surface area (Å²) in [6, 6.07) is 8.38. The van der Waals surface area contributed by atoms with E-state index in [-0.39, 0.29) is 0 Å². The lowest BCUT2D eigenvalue weighted by atomic mass is 9.67. The summed E-state index contributed by atoms with van der Waals surface area (Å²) in [6.45, 7) is 0.780. The summed E-state index contributed by atoms with van der Waals surface area (Å²) in [6.07, 6.45) is 7.72. The Labute approximate surface area is 103 Å². The minimum Gasteiger partial charge on any atom is -0.330 e. The minimum absolute atomic E-state index is 0.331. The summed E-state index contributed by atoms with van der Waals surface area (Å²) < 4.78 is 0. The highest BCUT2D eigenvalue weighted by atomic mass is 35.5. The molecule has 1 aromatic carbocycles. The first-order chi connectivity index (χ1) is 7.77. The zero-order valence-corrected chi connectivity index (χ0v) is 10.5. The second-order valence-electron chi connectivity index (χ2n) is 4.89. The number of benzene rings is 1. The van der Waals surface area contributed by atoms with Gasteiger partial charge in [0.25, 0.3) is 0 Å². The number of hydrogen-bond donors (Lipinski definition) is 1. The van der Waals surface area contributed by atoms with Crippen molar-refractivity contribution in [2.24, 2.45) is 5.73 Å². The van der Waals surface area contributed by atoms with E-state index in [1.54, 1.807) is 0 Å². The second kappa shape index (κ2) is 5.20. The molecule has 1 nitrogen and oxygen atoms in total. The SMILES string of the molecule is NCCC1(c2ccc(Cl)cc2)CCCCC1. The van der Waals surface area contributed by atoms with Crippen LogP contribution >= 0.6 is 11.6 Å². The Morgan fingerprint density at radius 2 is 1.69 bits per heavy atom. The van der Waals surface area contributed by atoms with Crippen LogP contribution in [0.3, 0.4) is 0 Å². The van der Waals surface area contributed by atoms with Crippen LogP contribution in [0.2, 0.25) is 5.02 Å². The molecule has 0 amide bonds. The Morgan fingerprint density at radius 1 is 1.06 bits per heavy atom. The maximum Gasteiger partial charge on any atom is 0.0406 e. The third-order valence-electron chi connectivity index (χ3n) is 3.89. The normalized spacial score (nSPS) is 19.6. The maximum atomic E-state index is 5.95. The van der Waals surface area contributed by atoms with Crippen LogP contribution in [-0.4, -0.2) is 6.54 Å². The van der Waals surface area contributed by atoms with Crippen LogP contribution in [0.5, 0.6) is 0 Å². The predicted molar refractivity (Wildman–Crippen MR) is 69.9 cm³/mol. The van der Waals surface area contributed by atoms with E-state index >= 15 is 0 Å². The van der Waals surface area contributed by atoms with Crippen molar-refractivity contribution in [2.45, 2.75) is 43.9 Å². The molecule has 2 heteroatoms. The maximum absolute atomic E-state index is 5.95. The van der Waals surface area contributed by atoms with Gasteiger partial charge >= 0.3 is 0 Å². The largest absolute Gasteiger partial charge is 0.330 e. The molecule has 1 aromatic rings. The van der Waals surface area contributed by atoms with E-state index in [2.05, 4.69) is 12.1 Å². The molecule has 0 unspecified atom stereocenters. The van der Waals surface area contributed by atoms with E-state index in [0.29, 0.717) is 5.41 Å². The van der Waals surface area contributed by atoms with Crippen LogP contribution < -0.4 is 5.73 Å². The Hall–Kier alpha value is -0.530. The molecule has 1 fully saturated rings. The van der Waals surface area contributed by atoms with Gasteiger partial charge in [-0.1, -0.05) is 43.0 Å². The van der Waals surface area contributed by atoms with Gasteiger partial charge in [-0.15, -0.1) is 0 Å². The van der Waals surface area contributed by atoms with Crippen molar-refractivity contribution < 1.29 is 0 Å². The van der Waals surface area contributed by atoms with E-state index in [0.717, 1.165) is 18.0 Å². The van der Waals surface area contributed by atoms with Crippen LogP contribution in [0.25, 0.3) is 0 Å². The summed E-state index contributed by atoms with van der Waals surface area (Å²) in [5, 5.41) is 0.822. The van der Waals surface area contributed by atoms with E-state index in [4.69, 9.17) is 17.3 Å². The summed E-state index contributed by atoms with van der Waals surface area (Å²) in [7, 11) is 0. The molecule has 2 rings (SSSR count). The molecule has 0 saturated heterocycles. The standard InChI is InChI=1S/C14H20ClN/c15-13-6-4-12(5-7-13)14(10-11-16)8-2-1-3-9-14/h4-7H,1-3,8-11,16H2. The zero-order chi connectivity index (χ0) is 11.4. The van der Waals surface area contributed by atoms with Crippen molar-refractivity contribution >= 4 is 11.6 Å². The van der Waals surface area contributed by atoms with Gasteiger partial charge in [-0.25, -0.2) is 0 Å². The Kier molecular flexibility index (Phi) is 3.88. The zero-order valence-electron chi connectivity index (χ0n) is 9.71. The summed E-state index contributed by atoms with van der Waals surface area (Å²) in [4.78, 5) is 0. The van der Waals surface area contributed by atoms with Crippen molar-refractivity contribution in [3.8, 4) is 0 Å². The van der Waals surface area contributed by atoms with Crippen LogP contribution in [0.1, 0.15) is 44.1 Å². The molecule has 0 atom stereocenters. The van der Waals surface area contributed by atoms with Crippen molar-refractivity contribution in [3.05, 3.63) is 34.9 Å². The van der Waals surface area contributed by atoms with Gasteiger partial charge in [0.15, 0.2) is 0 Å². The number of halogens is 1. The third kappa shape index (κ3) is 2.41. The topological polar surface area (TPSA) is 26.0 Å². The molecule has 2 N–H and O–H groups in total. The first kappa shape index (κ1) is 11.9. The fourth-order valence-corrected chi connectivity index (χ4v) is 3.12. The lowest BCUT2D eigenvalue weighted by molar-refractivity contribution is 0.277. The lowest BCUT2D eigenvalue weighted by Gasteiger charge is -2.38. The van der Waals surface area contributed by atoms with E-state index < -0.39 is 0 Å². The van der Waals surface area contributed by atoms with Crippen molar-refractivity contribution in [1.29, 1.82) is 0 Å².